The van der Waals surface area contributed by atoms with Crippen molar-refractivity contribution in [2.45, 2.75) is 51.4 Å². The van der Waals surface area contributed by atoms with Crippen molar-refractivity contribution < 1.29 is 22.4 Å². The number of oxazole rings is 1. The van der Waals surface area contributed by atoms with Crippen LogP contribution in [-0.4, -0.2) is 37.6 Å². The van der Waals surface area contributed by atoms with Crippen LogP contribution in [0.2, 0.25) is 0 Å². The molecule has 0 aliphatic carbocycles. The molecule has 2 heterocycles. The zero-order valence-electron chi connectivity index (χ0n) is 15.7. The molecule has 1 aromatic heterocycles. The Bertz CT molecular complexity index is 910. The number of sulfone groups is 1. The van der Waals surface area contributed by atoms with Crippen LogP contribution in [0, 0.1) is 13.8 Å². The molecule has 3 rings (SSSR count). The Labute approximate surface area is 159 Å². The topological polar surface area (TPSA) is 86.5 Å². The number of aryl methyl sites for hydroxylation is 2. The smallest absolute Gasteiger partial charge is 0.226 e. The molecule has 1 aliphatic heterocycles. The third-order valence-corrected chi connectivity index (χ3v) is 6.25. The standard InChI is InChI=1S/C20H25NO5S/c1-14-6-3-4-8-18(14)20-21-19(15(2)26-20)13-27(23,24)12-16(22)9-10-17-7-5-11-25-17/h3-4,6,8,17H,5,7,9-13H2,1-2H3. The monoisotopic (exact) mass is 391 g/mol. The zero-order chi connectivity index (χ0) is 19.4. The van der Waals surface area contributed by atoms with E-state index in [9.17, 15) is 13.2 Å². The molecular weight excluding hydrogens is 366 g/mol. The summed E-state index contributed by atoms with van der Waals surface area (Å²) in [7, 11) is -3.59. The Morgan fingerprint density at radius 3 is 2.74 bits per heavy atom. The molecule has 6 nitrogen and oxygen atoms in total. The summed E-state index contributed by atoms with van der Waals surface area (Å²) in [6.45, 7) is 4.36. The SMILES string of the molecule is Cc1ccccc1-c1nc(CS(=O)(=O)CC(=O)CCC2CCCO2)c(C)o1. The maximum Gasteiger partial charge on any atom is 0.226 e. The normalized spacial score (nSPS) is 17.3. The summed E-state index contributed by atoms with van der Waals surface area (Å²) < 4.78 is 36.0. The predicted molar refractivity (Wildman–Crippen MR) is 102 cm³/mol. The van der Waals surface area contributed by atoms with Gasteiger partial charge in [-0.25, -0.2) is 13.4 Å². The van der Waals surface area contributed by atoms with Crippen molar-refractivity contribution in [3.8, 4) is 11.5 Å². The van der Waals surface area contributed by atoms with Crippen molar-refractivity contribution in [1.29, 1.82) is 0 Å². The fraction of sp³-hybridized carbons (Fsp3) is 0.500. The van der Waals surface area contributed by atoms with E-state index >= 15 is 0 Å². The summed E-state index contributed by atoms with van der Waals surface area (Å²) in [6.07, 6.45) is 2.86. The van der Waals surface area contributed by atoms with Gasteiger partial charge in [0.2, 0.25) is 5.89 Å². The second kappa shape index (κ2) is 8.35. The molecule has 1 atom stereocenters. The van der Waals surface area contributed by atoms with Crippen LogP contribution in [0.15, 0.2) is 28.7 Å². The minimum atomic E-state index is -3.59. The Kier molecular flexibility index (Phi) is 6.11. The maximum absolute atomic E-state index is 12.4. The summed E-state index contributed by atoms with van der Waals surface area (Å²) in [4.78, 5) is 16.4. The molecule has 7 heteroatoms. The Balaban J connectivity index is 1.63. The predicted octanol–water partition coefficient (Wildman–Crippen LogP) is 3.40. The molecule has 27 heavy (non-hydrogen) atoms. The Hall–Kier alpha value is -1.99. The molecule has 0 spiro atoms. The fourth-order valence-corrected chi connectivity index (χ4v) is 4.68. The van der Waals surface area contributed by atoms with Crippen LogP contribution in [0.4, 0.5) is 0 Å². The highest BCUT2D eigenvalue weighted by molar-refractivity contribution is 7.91. The Morgan fingerprint density at radius 2 is 2.04 bits per heavy atom. The molecule has 1 unspecified atom stereocenters. The van der Waals surface area contributed by atoms with Crippen molar-refractivity contribution in [1.82, 2.24) is 4.98 Å². The van der Waals surface area contributed by atoms with Crippen LogP contribution in [0.25, 0.3) is 11.5 Å². The zero-order valence-corrected chi connectivity index (χ0v) is 16.5. The molecule has 0 bridgehead atoms. The molecule has 0 N–H and O–H groups in total. The summed E-state index contributed by atoms with van der Waals surface area (Å²) in [6, 6.07) is 7.62. The van der Waals surface area contributed by atoms with Gasteiger partial charge in [0.15, 0.2) is 9.84 Å². The number of ether oxygens (including phenoxy) is 1. The number of carbonyl (C=O) groups excluding carboxylic acids is 1. The number of ketones is 1. The number of hydrogen-bond donors (Lipinski definition) is 0. The molecule has 1 aliphatic rings. The second-order valence-electron chi connectivity index (χ2n) is 7.08. The number of benzene rings is 1. The van der Waals surface area contributed by atoms with Crippen molar-refractivity contribution in [2.24, 2.45) is 0 Å². The third kappa shape index (κ3) is 5.26. The summed E-state index contributed by atoms with van der Waals surface area (Å²) in [5, 5.41) is 0. The second-order valence-corrected chi connectivity index (χ2v) is 9.15. The van der Waals surface area contributed by atoms with E-state index in [1.807, 2.05) is 31.2 Å². The maximum atomic E-state index is 12.4. The summed E-state index contributed by atoms with van der Waals surface area (Å²) in [5.74, 6) is -0.166. The van der Waals surface area contributed by atoms with Gasteiger partial charge in [-0.1, -0.05) is 18.2 Å². The van der Waals surface area contributed by atoms with E-state index in [-0.39, 0.29) is 24.1 Å². The summed E-state index contributed by atoms with van der Waals surface area (Å²) in [5.41, 5.74) is 2.19. The lowest BCUT2D eigenvalue weighted by atomic mass is 10.1. The molecule has 1 fully saturated rings. The van der Waals surface area contributed by atoms with Crippen molar-refractivity contribution in [3.63, 3.8) is 0 Å². The highest BCUT2D eigenvalue weighted by Crippen LogP contribution is 2.25. The first-order valence-electron chi connectivity index (χ1n) is 9.20. The largest absolute Gasteiger partial charge is 0.441 e. The lowest BCUT2D eigenvalue weighted by Crippen LogP contribution is -2.19. The average Bonchev–Trinajstić information content (AvgIpc) is 3.23. The van der Waals surface area contributed by atoms with E-state index in [0.29, 0.717) is 23.8 Å². The van der Waals surface area contributed by atoms with Gasteiger partial charge >= 0.3 is 0 Å². The van der Waals surface area contributed by atoms with Crippen LogP contribution in [-0.2, 0) is 25.1 Å². The van der Waals surface area contributed by atoms with E-state index in [4.69, 9.17) is 9.15 Å². The first-order valence-corrected chi connectivity index (χ1v) is 11.0. The van der Waals surface area contributed by atoms with Gasteiger partial charge < -0.3 is 9.15 Å². The molecule has 1 saturated heterocycles. The molecule has 1 aromatic carbocycles. The van der Waals surface area contributed by atoms with Crippen LogP contribution in [0.3, 0.4) is 0 Å². The molecule has 0 radical (unpaired) electrons. The van der Waals surface area contributed by atoms with Crippen molar-refractivity contribution in [3.05, 3.63) is 41.3 Å². The van der Waals surface area contributed by atoms with Crippen molar-refractivity contribution >= 4 is 15.6 Å². The van der Waals surface area contributed by atoms with Crippen LogP contribution in [0.5, 0.6) is 0 Å². The van der Waals surface area contributed by atoms with Crippen LogP contribution < -0.4 is 0 Å². The van der Waals surface area contributed by atoms with Gasteiger partial charge in [-0.05, 0) is 44.7 Å². The Morgan fingerprint density at radius 1 is 1.26 bits per heavy atom. The van der Waals surface area contributed by atoms with Gasteiger partial charge in [0.1, 0.15) is 17.3 Å². The quantitative estimate of drug-likeness (QED) is 0.685. The van der Waals surface area contributed by atoms with E-state index in [1.54, 1.807) is 6.92 Å². The first kappa shape index (κ1) is 19.8. The van der Waals surface area contributed by atoms with Gasteiger partial charge in [-0.2, -0.15) is 0 Å². The number of hydrogen-bond acceptors (Lipinski definition) is 6. The summed E-state index contributed by atoms with van der Waals surface area (Å²) >= 11 is 0. The highest BCUT2D eigenvalue weighted by Gasteiger charge is 2.23. The van der Waals surface area contributed by atoms with Gasteiger partial charge in [0.25, 0.3) is 0 Å². The van der Waals surface area contributed by atoms with E-state index in [1.165, 1.54) is 0 Å². The lowest BCUT2D eigenvalue weighted by molar-refractivity contribution is -0.117. The van der Waals surface area contributed by atoms with Crippen molar-refractivity contribution in [2.75, 3.05) is 12.4 Å². The molecule has 0 saturated carbocycles. The number of nitrogens with zero attached hydrogens (tertiary/aromatic N) is 1. The molecular formula is C20H25NO5S. The number of carbonyl (C=O) groups is 1. The number of rotatable bonds is 8. The minimum absolute atomic E-state index is 0.0890. The fourth-order valence-electron chi connectivity index (χ4n) is 3.26. The van der Waals surface area contributed by atoms with Gasteiger partial charge in [0, 0.05) is 18.6 Å². The lowest BCUT2D eigenvalue weighted by Gasteiger charge is -2.08. The van der Waals surface area contributed by atoms with E-state index in [0.717, 1.165) is 30.6 Å². The van der Waals surface area contributed by atoms with Gasteiger partial charge in [-0.15, -0.1) is 0 Å². The first-order chi connectivity index (χ1) is 12.8. The highest BCUT2D eigenvalue weighted by atomic mass is 32.2. The van der Waals surface area contributed by atoms with Gasteiger partial charge in [0.05, 0.1) is 17.6 Å². The number of Topliss-reactive ketones (excluding diaryl/α,β-unsaturated/α-hetero) is 1. The van der Waals surface area contributed by atoms with E-state index in [2.05, 4.69) is 4.98 Å². The number of aromatic nitrogens is 1. The van der Waals surface area contributed by atoms with Crippen LogP contribution in [0.1, 0.15) is 42.7 Å². The average molecular weight is 391 g/mol. The molecule has 146 valence electrons. The minimum Gasteiger partial charge on any atom is -0.441 e. The van der Waals surface area contributed by atoms with Crippen LogP contribution >= 0.6 is 0 Å². The third-order valence-electron chi connectivity index (χ3n) is 4.77. The molecule has 0 amide bonds. The van der Waals surface area contributed by atoms with Gasteiger partial charge in [-0.3, -0.25) is 4.79 Å². The molecule has 2 aromatic rings. The van der Waals surface area contributed by atoms with E-state index < -0.39 is 15.6 Å².